The average molecular weight is 272 g/mol. The van der Waals surface area contributed by atoms with Crippen molar-refractivity contribution in [1.82, 2.24) is 5.32 Å². The zero-order chi connectivity index (χ0) is 14.4. The van der Waals surface area contributed by atoms with Gasteiger partial charge in [-0.05, 0) is 43.9 Å². The Balaban J connectivity index is 1.95. The van der Waals surface area contributed by atoms with Crippen LogP contribution in [0.15, 0.2) is 36.4 Å². The van der Waals surface area contributed by atoms with Gasteiger partial charge in [0.15, 0.2) is 0 Å². The van der Waals surface area contributed by atoms with E-state index in [9.17, 15) is 9.59 Å². The lowest BCUT2D eigenvalue weighted by Gasteiger charge is -2.10. The van der Waals surface area contributed by atoms with E-state index < -0.39 is 0 Å². The number of nitrogens with one attached hydrogen (secondary N) is 2. The monoisotopic (exact) mass is 272 g/mol. The molecule has 0 aliphatic heterocycles. The Labute approximate surface area is 119 Å². The molecule has 0 saturated carbocycles. The third kappa shape index (κ3) is 3.95. The lowest BCUT2D eigenvalue weighted by atomic mass is 10.0. The van der Waals surface area contributed by atoms with Gasteiger partial charge >= 0.3 is 0 Å². The predicted molar refractivity (Wildman–Crippen MR) is 79.6 cm³/mol. The van der Waals surface area contributed by atoms with Gasteiger partial charge in [0.05, 0.1) is 0 Å². The Hall–Kier alpha value is -2.10. The maximum atomic E-state index is 11.9. The van der Waals surface area contributed by atoms with Crippen LogP contribution in [0, 0.1) is 5.92 Å². The van der Waals surface area contributed by atoms with Crippen molar-refractivity contribution in [2.45, 2.75) is 26.2 Å². The van der Waals surface area contributed by atoms with Gasteiger partial charge in [-0.2, -0.15) is 0 Å². The molecular weight excluding hydrogens is 252 g/mol. The van der Waals surface area contributed by atoms with E-state index in [1.807, 2.05) is 6.92 Å². The molecule has 0 fully saturated rings. The molecule has 1 aliphatic rings. The summed E-state index contributed by atoms with van der Waals surface area (Å²) in [6.45, 7) is 2.46. The summed E-state index contributed by atoms with van der Waals surface area (Å²) in [4.78, 5) is 23.7. The first-order valence-electron chi connectivity index (χ1n) is 7.04. The maximum Gasteiger partial charge on any atom is 0.251 e. The number of benzene rings is 1. The maximum absolute atomic E-state index is 11.9. The minimum atomic E-state index is -0.123. The van der Waals surface area contributed by atoms with Crippen molar-refractivity contribution in [2.24, 2.45) is 5.92 Å². The Morgan fingerprint density at radius 3 is 2.90 bits per heavy atom. The normalized spacial score (nSPS) is 16.9. The van der Waals surface area contributed by atoms with Crippen LogP contribution in [-0.2, 0) is 4.79 Å². The summed E-state index contributed by atoms with van der Waals surface area (Å²) in [7, 11) is 0. The van der Waals surface area contributed by atoms with E-state index in [0.717, 1.165) is 12.8 Å². The zero-order valence-corrected chi connectivity index (χ0v) is 11.7. The van der Waals surface area contributed by atoms with Gasteiger partial charge in [0.1, 0.15) is 0 Å². The number of allylic oxidation sites excluding steroid dienone is 2. The fourth-order valence-corrected chi connectivity index (χ4v) is 2.32. The van der Waals surface area contributed by atoms with Crippen LogP contribution in [0.2, 0.25) is 0 Å². The number of carbonyl (C=O) groups excluding carboxylic acids is 2. The van der Waals surface area contributed by atoms with Crippen molar-refractivity contribution in [3.05, 3.63) is 42.0 Å². The van der Waals surface area contributed by atoms with Crippen LogP contribution in [-0.4, -0.2) is 18.4 Å². The molecular formula is C16H20N2O2. The molecule has 2 amide bonds. The molecule has 0 unspecified atom stereocenters. The van der Waals surface area contributed by atoms with Gasteiger partial charge in [0.25, 0.3) is 5.91 Å². The standard InChI is InChI=1S/C16H20N2O2/c1-2-17-16(20)13-8-5-9-14(11-13)18-15(19)10-12-6-3-4-7-12/h3,5-6,8-9,11-12H,2,4,7,10H2,1H3,(H,17,20)(H,18,19)/t12-/m0/s1. The van der Waals surface area contributed by atoms with Gasteiger partial charge in [-0.1, -0.05) is 18.2 Å². The van der Waals surface area contributed by atoms with E-state index in [2.05, 4.69) is 22.8 Å². The van der Waals surface area contributed by atoms with Gasteiger partial charge in [-0.3, -0.25) is 9.59 Å². The Kier molecular flexibility index (Phi) is 4.93. The summed E-state index contributed by atoms with van der Waals surface area (Å²) in [6.07, 6.45) is 6.83. The summed E-state index contributed by atoms with van der Waals surface area (Å²) in [5.41, 5.74) is 1.23. The fourth-order valence-electron chi connectivity index (χ4n) is 2.32. The van der Waals surface area contributed by atoms with Gasteiger partial charge in [0, 0.05) is 24.2 Å². The molecule has 0 bridgehead atoms. The first kappa shape index (κ1) is 14.3. The minimum Gasteiger partial charge on any atom is -0.352 e. The topological polar surface area (TPSA) is 58.2 Å². The first-order chi connectivity index (χ1) is 9.69. The van der Waals surface area contributed by atoms with Crippen LogP contribution < -0.4 is 10.6 Å². The van der Waals surface area contributed by atoms with Crippen LogP contribution in [0.1, 0.15) is 36.5 Å². The van der Waals surface area contributed by atoms with Crippen LogP contribution in [0.3, 0.4) is 0 Å². The van der Waals surface area contributed by atoms with Crippen molar-refractivity contribution in [1.29, 1.82) is 0 Å². The van der Waals surface area contributed by atoms with E-state index in [0.29, 0.717) is 30.1 Å². The second-order valence-electron chi connectivity index (χ2n) is 4.96. The van der Waals surface area contributed by atoms with E-state index in [1.54, 1.807) is 24.3 Å². The molecule has 20 heavy (non-hydrogen) atoms. The zero-order valence-electron chi connectivity index (χ0n) is 11.7. The Morgan fingerprint density at radius 1 is 1.35 bits per heavy atom. The second kappa shape index (κ2) is 6.89. The Morgan fingerprint density at radius 2 is 2.20 bits per heavy atom. The van der Waals surface area contributed by atoms with Crippen LogP contribution in [0.25, 0.3) is 0 Å². The number of hydrogen-bond donors (Lipinski definition) is 2. The van der Waals surface area contributed by atoms with Crippen LogP contribution in [0.4, 0.5) is 5.69 Å². The number of carbonyl (C=O) groups is 2. The number of amides is 2. The molecule has 0 heterocycles. The minimum absolute atomic E-state index is 0.00500. The molecule has 1 aliphatic carbocycles. The van der Waals surface area contributed by atoms with Crippen LogP contribution in [0.5, 0.6) is 0 Å². The lowest BCUT2D eigenvalue weighted by molar-refractivity contribution is -0.116. The van der Waals surface area contributed by atoms with Crippen molar-refractivity contribution in [3.63, 3.8) is 0 Å². The van der Waals surface area contributed by atoms with Gasteiger partial charge in [-0.25, -0.2) is 0 Å². The van der Waals surface area contributed by atoms with Crippen molar-refractivity contribution < 1.29 is 9.59 Å². The van der Waals surface area contributed by atoms with E-state index in [1.165, 1.54) is 0 Å². The van der Waals surface area contributed by atoms with E-state index in [-0.39, 0.29) is 11.8 Å². The van der Waals surface area contributed by atoms with Gasteiger partial charge in [0.2, 0.25) is 5.91 Å². The molecule has 2 rings (SSSR count). The molecule has 4 nitrogen and oxygen atoms in total. The molecule has 1 aromatic carbocycles. The fraction of sp³-hybridized carbons (Fsp3) is 0.375. The molecule has 0 radical (unpaired) electrons. The van der Waals surface area contributed by atoms with Gasteiger partial charge in [-0.15, -0.1) is 0 Å². The quantitative estimate of drug-likeness (QED) is 0.810. The van der Waals surface area contributed by atoms with Crippen molar-refractivity contribution in [2.75, 3.05) is 11.9 Å². The highest BCUT2D eigenvalue weighted by atomic mass is 16.2. The van der Waals surface area contributed by atoms with E-state index >= 15 is 0 Å². The SMILES string of the molecule is CCNC(=O)c1cccc(NC(=O)C[C@H]2C=CCC2)c1. The number of rotatable bonds is 5. The summed E-state index contributed by atoms with van der Waals surface area (Å²) < 4.78 is 0. The summed E-state index contributed by atoms with van der Waals surface area (Å²) >= 11 is 0. The second-order valence-corrected chi connectivity index (χ2v) is 4.96. The highest BCUT2D eigenvalue weighted by Gasteiger charge is 2.14. The molecule has 4 heteroatoms. The molecule has 0 spiro atoms. The Bertz CT molecular complexity index is 523. The largest absolute Gasteiger partial charge is 0.352 e. The lowest BCUT2D eigenvalue weighted by Crippen LogP contribution is -2.23. The number of hydrogen-bond acceptors (Lipinski definition) is 2. The van der Waals surface area contributed by atoms with Crippen molar-refractivity contribution >= 4 is 17.5 Å². The summed E-state index contributed by atoms with van der Waals surface area (Å²) in [6, 6.07) is 7.01. The predicted octanol–water partition coefficient (Wildman–Crippen LogP) is 2.73. The smallest absolute Gasteiger partial charge is 0.251 e. The molecule has 1 atom stereocenters. The van der Waals surface area contributed by atoms with Crippen LogP contribution >= 0.6 is 0 Å². The average Bonchev–Trinajstić information content (AvgIpc) is 2.92. The highest BCUT2D eigenvalue weighted by molar-refractivity contribution is 5.97. The summed E-state index contributed by atoms with van der Waals surface area (Å²) in [5, 5.41) is 5.59. The molecule has 106 valence electrons. The van der Waals surface area contributed by atoms with E-state index in [4.69, 9.17) is 0 Å². The number of anilines is 1. The molecule has 0 saturated heterocycles. The molecule has 1 aromatic rings. The third-order valence-corrected chi connectivity index (χ3v) is 3.31. The first-order valence-corrected chi connectivity index (χ1v) is 7.04. The molecule has 2 N–H and O–H groups in total. The summed E-state index contributed by atoms with van der Waals surface area (Å²) in [5.74, 6) is 0.221. The van der Waals surface area contributed by atoms with Gasteiger partial charge < -0.3 is 10.6 Å². The van der Waals surface area contributed by atoms with Crippen molar-refractivity contribution in [3.8, 4) is 0 Å². The third-order valence-electron chi connectivity index (χ3n) is 3.31. The molecule has 0 aromatic heterocycles. The highest BCUT2D eigenvalue weighted by Crippen LogP contribution is 2.21.